The molecule has 3 aromatic heterocycles. The number of esters is 1. The summed E-state index contributed by atoms with van der Waals surface area (Å²) in [5.41, 5.74) is 4.58. The third-order valence-corrected chi connectivity index (χ3v) is 3.36. The van der Waals surface area contributed by atoms with E-state index in [4.69, 9.17) is 10.2 Å². The number of oxazole rings is 1. The van der Waals surface area contributed by atoms with E-state index in [-0.39, 0.29) is 38.9 Å². The van der Waals surface area contributed by atoms with Crippen LogP contribution in [0.15, 0.2) is 40.0 Å². The van der Waals surface area contributed by atoms with E-state index in [1.54, 1.807) is 0 Å². The number of carbonyl (C=O) groups is 1. The standard InChI is InChI=1S/C15H11F2N5O4/c1-25-14(24)11-12(18)21-10(13-19-4-5-26-13)9(20-11)7-2-3-8(23)22(6-7)15(16)17/h2-6,15H,1H3,(H2,18,21). The van der Waals surface area contributed by atoms with E-state index in [0.29, 0.717) is 0 Å². The highest BCUT2D eigenvalue weighted by Gasteiger charge is 2.23. The van der Waals surface area contributed by atoms with E-state index in [0.717, 1.165) is 19.4 Å². The van der Waals surface area contributed by atoms with Gasteiger partial charge in [-0.3, -0.25) is 9.36 Å². The highest BCUT2D eigenvalue weighted by molar-refractivity contribution is 5.93. The van der Waals surface area contributed by atoms with Gasteiger partial charge < -0.3 is 14.9 Å². The molecule has 3 aromatic rings. The van der Waals surface area contributed by atoms with Gasteiger partial charge in [-0.15, -0.1) is 0 Å². The number of aromatic nitrogens is 4. The molecule has 3 heterocycles. The van der Waals surface area contributed by atoms with Gasteiger partial charge in [-0.2, -0.15) is 8.78 Å². The van der Waals surface area contributed by atoms with Crippen LogP contribution in [0.2, 0.25) is 0 Å². The second-order valence-electron chi connectivity index (χ2n) is 4.92. The van der Waals surface area contributed by atoms with E-state index < -0.39 is 18.1 Å². The Morgan fingerprint density at radius 1 is 1.31 bits per heavy atom. The number of pyridine rings is 1. The number of nitrogen functional groups attached to an aromatic ring is 1. The number of alkyl halides is 2. The van der Waals surface area contributed by atoms with Crippen LogP contribution >= 0.6 is 0 Å². The van der Waals surface area contributed by atoms with Crippen molar-refractivity contribution >= 4 is 11.8 Å². The fraction of sp³-hybridized carbons (Fsp3) is 0.133. The van der Waals surface area contributed by atoms with E-state index in [9.17, 15) is 18.4 Å². The number of anilines is 1. The largest absolute Gasteiger partial charge is 0.464 e. The SMILES string of the molecule is COC(=O)c1nc(-c2ccc(=O)n(C(F)F)c2)c(-c2ncco2)nc1N. The van der Waals surface area contributed by atoms with Crippen molar-refractivity contribution in [1.29, 1.82) is 0 Å². The van der Waals surface area contributed by atoms with Crippen LogP contribution in [-0.2, 0) is 4.74 Å². The molecule has 0 unspecified atom stereocenters. The number of hydrogen-bond acceptors (Lipinski definition) is 8. The maximum absolute atomic E-state index is 13.0. The molecule has 0 radical (unpaired) electrons. The average molecular weight is 363 g/mol. The predicted molar refractivity (Wildman–Crippen MR) is 84.2 cm³/mol. The molecule has 0 fully saturated rings. The summed E-state index contributed by atoms with van der Waals surface area (Å²) in [6, 6.07) is 2.20. The number of ether oxygens (including phenoxy) is 1. The van der Waals surface area contributed by atoms with Gasteiger partial charge in [0.1, 0.15) is 12.0 Å². The second kappa shape index (κ2) is 6.70. The lowest BCUT2D eigenvalue weighted by Crippen LogP contribution is -2.19. The molecule has 0 aliphatic heterocycles. The van der Waals surface area contributed by atoms with Crippen molar-refractivity contribution in [3.8, 4) is 22.8 Å². The predicted octanol–water partition coefficient (Wildman–Crippen LogP) is 1.72. The summed E-state index contributed by atoms with van der Waals surface area (Å²) in [7, 11) is 1.13. The molecule has 2 N–H and O–H groups in total. The van der Waals surface area contributed by atoms with Gasteiger partial charge in [0.2, 0.25) is 5.89 Å². The second-order valence-corrected chi connectivity index (χ2v) is 4.92. The lowest BCUT2D eigenvalue weighted by Gasteiger charge is -2.11. The minimum Gasteiger partial charge on any atom is -0.464 e. The molecule has 0 atom stereocenters. The van der Waals surface area contributed by atoms with E-state index in [2.05, 4.69) is 19.7 Å². The number of carbonyl (C=O) groups excluding carboxylic acids is 1. The highest BCUT2D eigenvalue weighted by Crippen LogP contribution is 2.30. The number of methoxy groups -OCH3 is 1. The highest BCUT2D eigenvalue weighted by atomic mass is 19.3. The Hall–Kier alpha value is -3.63. The van der Waals surface area contributed by atoms with Gasteiger partial charge in [-0.1, -0.05) is 0 Å². The van der Waals surface area contributed by atoms with Crippen molar-refractivity contribution in [2.75, 3.05) is 12.8 Å². The molecule has 9 nitrogen and oxygen atoms in total. The van der Waals surface area contributed by atoms with Crippen LogP contribution < -0.4 is 11.3 Å². The van der Waals surface area contributed by atoms with Crippen molar-refractivity contribution in [3.05, 3.63) is 46.8 Å². The number of nitrogens with zero attached hydrogens (tertiary/aromatic N) is 4. The lowest BCUT2D eigenvalue weighted by molar-refractivity contribution is 0.0594. The molecule has 0 bridgehead atoms. The number of rotatable bonds is 4. The molecule has 0 aliphatic carbocycles. The van der Waals surface area contributed by atoms with Crippen molar-refractivity contribution in [1.82, 2.24) is 19.5 Å². The summed E-state index contributed by atoms with van der Waals surface area (Å²) < 4.78 is 36.0. The van der Waals surface area contributed by atoms with Gasteiger partial charge in [0.15, 0.2) is 17.2 Å². The number of halogens is 2. The molecule has 0 saturated carbocycles. The van der Waals surface area contributed by atoms with Gasteiger partial charge in [0.05, 0.1) is 13.3 Å². The van der Waals surface area contributed by atoms with Crippen molar-refractivity contribution < 1.29 is 22.7 Å². The third-order valence-electron chi connectivity index (χ3n) is 3.36. The smallest absolute Gasteiger partial charge is 0.360 e. The first-order valence-electron chi connectivity index (χ1n) is 7.08. The van der Waals surface area contributed by atoms with Gasteiger partial charge in [0, 0.05) is 17.8 Å². The number of hydrogen-bond donors (Lipinski definition) is 1. The first-order valence-corrected chi connectivity index (χ1v) is 7.08. The van der Waals surface area contributed by atoms with Crippen molar-refractivity contribution in [2.45, 2.75) is 6.55 Å². The Morgan fingerprint density at radius 2 is 2.08 bits per heavy atom. The van der Waals surface area contributed by atoms with Gasteiger partial charge in [-0.05, 0) is 6.07 Å². The van der Waals surface area contributed by atoms with E-state index in [1.807, 2.05) is 0 Å². The summed E-state index contributed by atoms with van der Waals surface area (Å²) in [6.07, 6.45) is 3.50. The maximum atomic E-state index is 13.0. The minimum atomic E-state index is -3.06. The molecule has 134 valence electrons. The Kier molecular flexibility index (Phi) is 4.43. The summed E-state index contributed by atoms with van der Waals surface area (Å²) in [6.45, 7) is -3.06. The summed E-state index contributed by atoms with van der Waals surface area (Å²) in [5.74, 6) is -1.11. The zero-order valence-electron chi connectivity index (χ0n) is 13.2. The molecule has 0 saturated heterocycles. The Morgan fingerprint density at radius 3 is 2.69 bits per heavy atom. The molecule has 0 spiro atoms. The summed E-state index contributed by atoms with van der Waals surface area (Å²) in [5, 5.41) is 0. The molecular formula is C15H11F2N5O4. The normalized spacial score (nSPS) is 10.9. The van der Waals surface area contributed by atoms with Crippen LogP contribution in [0.5, 0.6) is 0 Å². The molecule has 11 heteroatoms. The molecule has 0 aliphatic rings. The average Bonchev–Trinajstić information content (AvgIpc) is 3.15. The maximum Gasteiger partial charge on any atom is 0.360 e. The summed E-state index contributed by atoms with van der Waals surface area (Å²) >= 11 is 0. The van der Waals surface area contributed by atoms with Crippen molar-refractivity contribution in [3.63, 3.8) is 0 Å². The zero-order valence-corrected chi connectivity index (χ0v) is 13.2. The quantitative estimate of drug-likeness (QED) is 0.695. The monoisotopic (exact) mass is 363 g/mol. The third kappa shape index (κ3) is 3.01. The van der Waals surface area contributed by atoms with Gasteiger partial charge in [-0.25, -0.2) is 19.7 Å². The number of nitrogens with two attached hydrogens (primary N) is 1. The van der Waals surface area contributed by atoms with Gasteiger partial charge >= 0.3 is 12.5 Å². The Labute approximate surface area is 144 Å². The van der Waals surface area contributed by atoms with E-state index in [1.165, 1.54) is 18.5 Å². The molecule has 0 aromatic carbocycles. The Bertz CT molecular complexity index is 1020. The minimum absolute atomic E-state index is 0.00501. The lowest BCUT2D eigenvalue weighted by atomic mass is 10.1. The molecular weight excluding hydrogens is 352 g/mol. The zero-order chi connectivity index (χ0) is 18.8. The van der Waals surface area contributed by atoms with E-state index >= 15 is 0 Å². The van der Waals surface area contributed by atoms with Crippen molar-refractivity contribution in [2.24, 2.45) is 0 Å². The fourth-order valence-corrected chi connectivity index (χ4v) is 2.18. The summed E-state index contributed by atoms with van der Waals surface area (Å²) in [4.78, 5) is 35.4. The first kappa shape index (κ1) is 17.2. The molecule has 0 amide bonds. The topological polar surface area (TPSA) is 126 Å². The first-order chi connectivity index (χ1) is 12.4. The van der Waals surface area contributed by atoms with Crippen LogP contribution in [0, 0.1) is 0 Å². The van der Waals surface area contributed by atoms with Gasteiger partial charge in [0.25, 0.3) is 5.56 Å². The van der Waals surface area contributed by atoms with Crippen LogP contribution in [0.3, 0.4) is 0 Å². The van der Waals surface area contributed by atoms with Crippen LogP contribution in [0.1, 0.15) is 17.0 Å². The molecule has 26 heavy (non-hydrogen) atoms. The Balaban J connectivity index is 2.29. The van der Waals surface area contributed by atoms with Crippen LogP contribution in [0.25, 0.3) is 22.8 Å². The van der Waals surface area contributed by atoms with Crippen LogP contribution in [0.4, 0.5) is 14.6 Å². The fourth-order valence-electron chi connectivity index (χ4n) is 2.18. The molecule has 3 rings (SSSR count). The van der Waals surface area contributed by atoms with Crippen LogP contribution in [-0.4, -0.2) is 32.6 Å².